The summed E-state index contributed by atoms with van der Waals surface area (Å²) < 4.78 is 46.1. The molecule has 0 amide bonds. The zero-order chi connectivity index (χ0) is 15.7. The molecule has 0 bridgehead atoms. The van der Waals surface area contributed by atoms with Crippen molar-refractivity contribution in [1.82, 2.24) is 4.98 Å². The number of benzene rings is 1. The van der Waals surface area contributed by atoms with Gasteiger partial charge in [0.2, 0.25) is 5.88 Å². The second-order valence-corrected chi connectivity index (χ2v) is 4.65. The molecule has 1 N–H and O–H groups in total. The Morgan fingerprint density at radius 1 is 1.18 bits per heavy atom. The van der Waals surface area contributed by atoms with E-state index < -0.39 is 12.8 Å². The summed E-state index contributed by atoms with van der Waals surface area (Å²) in [6, 6.07) is 8.50. The van der Waals surface area contributed by atoms with Crippen molar-refractivity contribution >= 4 is 5.69 Å². The fourth-order valence-corrected chi connectivity index (χ4v) is 2.00. The van der Waals surface area contributed by atoms with Crippen LogP contribution in [0.3, 0.4) is 0 Å². The van der Waals surface area contributed by atoms with Crippen LogP contribution in [0.25, 0.3) is 11.1 Å². The van der Waals surface area contributed by atoms with Gasteiger partial charge in [-0.1, -0.05) is 6.07 Å². The number of aromatic nitrogens is 1. The van der Waals surface area contributed by atoms with Crippen molar-refractivity contribution in [2.24, 2.45) is 0 Å². The van der Waals surface area contributed by atoms with Gasteiger partial charge >= 0.3 is 6.18 Å². The third-order valence-corrected chi connectivity index (χ3v) is 2.94. The Bertz CT molecular complexity index is 712. The molecule has 3 rings (SSSR count). The standard InChI is InChI=1S/C15H11F3N2O2/c1-9-20-12-6-10(2-4-13(12)22-9)11-3-5-14(19-7-11)21-8-15(16,17)18/h2-7,20H,1,8H2. The van der Waals surface area contributed by atoms with E-state index in [1.807, 2.05) is 12.1 Å². The smallest absolute Gasteiger partial charge is 0.422 e. The normalized spacial score (nSPS) is 13.3. The fourth-order valence-electron chi connectivity index (χ4n) is 2.00. The minimum Gasteiger partial charge on any atom is -0.468 e. The summed E-state index contributed by atoms with van der Waals surface area (Å²) >= 11 is 0. The lowest BCUT2D eigenvalue weighted by Gasteiger charge is -2.09. The van der Waals surface area contributed by atoms with Gasteiger partial charge in [0.15, 0.2) is 18.2 Å². The van der Waals surface area contributed by atoms with Gasteiger partial charge in [0.1, 0.15) is 0 Å². The maximum atomic E-state index is 12.1. The van der Waals surface area contributed by atoms with Crippen LogP contribution in [-0.4, -0.2) is 17.8 Å². The van der Waals surface area contributed by atoms with E-state index in [1.165, 1.54) is 12.3 Å². The van der Waals surface area contributed by atoms with E-state index in [1.54, 1.807) is 12.1 Å². The molecule has 0 aliphatic carbocycles. The Balaban J connectivity index is 1.76. The minimum atomic E-state index is -4.38. The number of hydrogen-bond acceptors (Lipinski definition) is 4. The first-order chi connectivity index (χ1) is 10.4. The minimum absolute atomic E-state index is 0.0722. The molecule has 7 heteroatoms. The molecule has 1 aromatic heterocycles. The van der Waals surface area contributed by atoms with Crippen LogP contribution in [0.15, 0.2) is 49.0 Å². The van der Waals surface area contributed by atoms with Crippen LogP contribution in [0.1, 0.15) is 0 Å². The molecule has 0 saturated carbocycles. The highest BCUT2D eigenvalue weighted by Gasteiger charge is 2.28. The van der Waals surface area contributed by atoms with E-state index in [-0.39, 0.29) is 5.88 Å². The number of alkyl halides is 3. The second kappa shape index (κ2) is 5.25. The molecule has 2 aromatic rings. The van der Waals surface area contributed by atoms with E-state index in [4.69, 9.17) is 4.74 Å². The van der Waals surface area contributed by atoms with Gasteiger partial charge in [-0.15, -0.1) is 0 Å². The van der Waals surface area contributed by atoms with Crippen molar-refractivity contribution in [3.8, 4) is 22.8 Å². The Kier molecular flexibility index (Phi) is 3.40. The fraction of sp³-hybridized carbons (Fsp3) is 0.133. The Labute approximate surface area is 124 Å². The summed E-state index contributed by atoms with van der Waals surface area (Å²) in [7, 11) is 0. The van der Waals surface area contributed by atoms with E-state index in [0.717, 1.165) is 16.8 Å². The second-order valence-electron chi connectivity index (χ2n) is 4.65. The van der Waals surface area contributed by atoms with Crippen molar-refractivity contribution in [2.45, 2.75) is 6.18 Å². The molecule has 0 atom stereocenters. The Hall–Kier alpha value is -2.70. The van der Waals surface area contributed by atoms with Gasteiger partial charge in [-0.05, 0) is 30.3 Å². The number of ether oxygens (including phenoxy) is 2. The first-order valence-corrected chi connectivity index (χ1v) is 6.34. The first kappa shape index (κ1) is 14.2. The molecule has 22 heavy (non-hydrogen) atoms. The highest BCUT2D eigenvalue weighted by molar-refractivity contribution is 5.74. The Morgan fingerprint density at radius 2 is 1.95 bits per heavy atom. The third-order valence-electron chi connectivity index (χ3n) is 2.94. The molecule has 0 fully saturated rings. The summed E-state index contributed by atoms with van der Waals surface area (Å²) in [4.78, 5) is 3.88. The first-order valence-electron chi connectivity index (χ1n) is 6.34. The lowest BCUT2D eigenvalue weighted by atomic mass is 10.1. The van der Waals surface area contributed by atoms with E-state index in [0.29, 0.717) is 11.6 Å². The SMILES string of the molecule is C=C1Nc2cc(-c3ccc(OCC(F)(F)F)nc3)ccc2O1. The van der Waals surface area contributed by atoms with Gasteiger partial charge in [-0.3, -0.25) is 0 Å². The molecule has 1 aliphatic rings. The van der Waals surface area contributed by atoms with Crippen molar-refractivity contribution in [3.05, 3.63) is 49.0 Å². The summed E-state index contributed by atoms with van der Waals surface area (Å²) in [5, 5.41) is 2.97. The Morgan fingerprint density at radius 3 is 2.64 bits per heavy atom. The molecule has 0 radical (unpaired) electrons. The van der Waals surface area contributed by atoms with Crippen LogP contribution >= 0.6 is 0 Å². The average molecular weight is 308 g/mol. The molecule has 2 heterocycles. The zero-order valence-electron chi connectivity index (χ0n) is 11.3. The molecule has 1 aliphatic heterocycles. The van der Waals surface area contributed by atoms with Crippen molar-refractivity contribution in [1.29, 1.82) is 0 Å². The van der Waals surface area contributed by atoms with Crippen LogP contribution < -0.4 is 14.8 Å². The zero-order valence-corrected chi connectivity index (χ0v) is 11.3. The molecule has 4 nitrogen and oxygen atoms in total. The van der Waals surface area contributed by atoms with Gasteiger partial charge in [-0.25, -0.2) is 4.98 Å². The summed E-state index contributed by atoms with van der Waals surface area (Å²) in [6.45, 7) is 2.31. The number of halogens is 3. The molecular weight excluding hydrogens is 297 g/mol. The third kappa shape index (κ3) is 3.13. The molecular formula is C15H11F3N2O2. The quantitative estimate of drug-likeness (QED) is 0.932. The van der Waals surface area contributed by atoms with Crippen LogP contribution in [0, 0.1) is 0 Å². The maximum absolute atomic E-state index is 12.1. The predicted octanol–water partition coefficient (Wildman–Crippen LogP) is 3.97. The number of fused-ring (bicyclic) bond motifs is 1. The highest BCUT2D eigenvalue weighted by Crippen LogP contribution is 2.36. The van der Waals surface area contributed by atoms with Crippen LogP contribution in [-0.2, 0) is 0 Å². The van der Waals surface area contributed by atoms with Crippen molar-refractivity contribution < 1.29 is 22.6 Å². The summed E-state index contributed by atoms with van der Waals surface area (Å²) in [6.07, 6.45) is -2.92. The maximum Gasteiger partial charge on any atom is 0.422 e. The van der Waals surface area contributed by atoms with Crippen LogP contribution in [0.2, 0.25) is 0 Å². The molecule has 1 aromatic carbocycles. The lowest BCUT2D eigenvalue weighted by molar-refractivity contribution is -0.154. The van der Waals surface area contributed by atoms with Crippen molar-refractivity contribution in [3.63, 3.8) is 0 Å². The van der Waals surface area contributed by atoms with Gasteiger partial charge in [0.05, 0.1) is 5.69 Å². The summed E-state index contributed by atoms with van der Waals surface area (Å²) in [5.41, 5.74) is 2.38. The van der Waals surface area contributed by atoms with E-state index in [2.05, 4.69) is 21.6 Å². The van der Waals surface area contributed by atoms with Crippen LogP contribution in [0.5, 0.6) is 11.6 Å². The molecule has 0 spiro atoms. The average Bonchev–Trinajstić information content (AvgIpc) is 2.84. The van der Waals surface area contributed by atoms with Gasteiger partial charge in [-0.2, -0.15) is 13.2 Å². The molecule has 114 valence electrons. The lowest BCUT2D eigenvalue weighted by Crippen LogP contribution is -2.19. The monoisotopic (exact) mass is 308 g/mol. The number of hydrogen-bond donors (Lipinski definition) is 1. The van der Waals surface area contributed by atoms with Crippen LogP contribution in [0.4, 0.5) is 18.9 Å². The van der Waals surface area contributed by atoms with Crippen molar-refractivity contribution in [2.75, 3.05) is 11.9 Å². The van der Waals surface area contributed by atoms with Gasteiger partial charge in [0.25, 0.3) is 0 Å². The topological polar surface area (TPSA) is 43.4 Å². The summed E-state index contributed by atoms with van der Waals surface area (Å²) in [5.74, 6) is 1.05. The highest BCUT2D eigenvalue weighted by atomic mass is 19.4. The number of nitrogens with one attached hydrogen (secondary N) is 1. The van der Waals surface area contributed by atoms with E-state index >= 15 is 0 Å². The predicted molar refractivity (Wildman–Crippen MR) is 74.6 cm³/mol. The number of pyridine rings is 1. The molecule has 0 saturated heterocycles. The van der Waals surface area contributed by atoms with Gasteiger partial charge in [0, 0.05) is 17.8 Å². The largest absolute Gasteiger partial charge is 0.468 e. The number of anilines is 1. The number of nitrogens with zero attached hydrogens (tertiary/aromatic N) is 1. The number of rotatable bonds is 3. The van der Waals surface area contributed by atoms with E-state index in [9.17, 15) is 13.2 Å². The molecule has 0 unspecified atom stereocenters. The van der Waals surface area contributed by atoms with Gasteiger partial charge < -0.3 is 14.8 Å².